The zero-order valence-electron chi connectivity index (χ0n) is 8.99. The fourth-order valence-electron chi connectivity index (χ4n) is 1.74. The van der Waals surface area contributed by atoms with Crippen LogP contribution < -0.4 is 11.1 Å². The third kappa shape index (κ3) is 2.84. The van der Waals surface area contributed by atoms with E-state index in [9.17, 15) is 9.18 Å². The number of nitrogens with two attached hydrogens (primary N) is 1. The molecular formula is C12H12ClFN2O. The molecule has 2 unspecified atom stereocenters. The lowest BCUT2D eigenvalue weighted by molar-refractivity contribution is -0.118. The van der Waals surface area contributed by atoms with E-state index in [-0.39, 0.29) is 23.6 Å². The molecule has 0 radical (unpaired) electrons. The molecule has 0 saturated carbocycles. The van der Waals surface area contributed by atoms with Crippen molar-refractivity contribution in [2.45, 2.75) is 12.5 Å². The minimum Gasteiger partial charge on any atom is -0.324 e. The molecule has 1 aromatic rings. The van der Waals surface area contributed by atoms with Crippen molar-refractivity contribution in [1.82, 2.24) is 0 Å². The number of hydrogen-bond acceptors (Lipinski definition) is 2. The fourth-order valence-corrected chi connectivity index (χ4v) is 1.91. The van der Waals surface area contributed by atoms with E-state index in [4.69, 9.17) is 17.3 Å². The average molecular weight is 255 g/mol. The van der Waals surface area contributed by atoms with Gasteiger partial charge in [0.25, 0.3) is 0 Å². The summed E-state index contributed by atoms with van der Waals surface area (Å²) in [5.41, 5.74) is 5.74. The van der Waals surface area contributed by atoms with Crippen LogP contribution >= 0.6 is 11.6 Å². The lowest BCUT2D eigenvalue weighted by Crippen LogP contribution is -2.24. The predicted molar refractivity (Wildman–Crippen MR) is 65.3 cm³/mol. The van der Waals surface area contributed by atoms with Gasteiger partial charge in [-0.05, 0) is 24.6 Å². The summed E-state index contributed by atoms with van der Waals surface area (Å²) in [5, 5.41) is 2.88. The Bertz CT molecular complexity index is 476. The molecule has 2 atom stereocenters. The summed E-state index contributed by atoms with van der Waals surface area (Å²) in [6.45, 7) is 0. The standard InChI is InChI=1S/C12H12ClFN2O/c13-8-2-4-10(14)11(6-8)16-12(17)7-1-3-9(15)5-7/h1-4,6-7,9H,5,15H2,(H,16,17). The van der Waals surface area contributed by atoms with Gasteiger partial charge in [0.1, 0.15) is 5.82 Å². The molecule has 0 bridgehead atoms. The van der Waals surface area contributed by atoms with Crippen molar-refractivity contribution in [3.05, 3.63) is 41.2 Å². The van der Waals surface area contributed by atoms with Crippen molar-refractivity contribution in [2.75, 3.05) is 5.32 Å². The monoisotopic (exact) mass is 254 g/mol. The summed E-state index contributed by atoms with van der Waals surface area (Å²) in [7, 11) is 0. The molecule has 3 nitrogen and oxygen atoms in total. The SMILES string of the molecule is NC1C=CC(C(=O)Nc2cc(Cl)ccc2F)C1. The lowest BCUT2D eigenvalue weighted by atomic mass is 10.1. The van der Waals surface area contributed by atoms with Gasteiger partial charge in [-0.1, -0.05) is 23.8 Å². The second kappa shape index (κ2) is 4.85. The minimum absolute atomic E-state index is 0.0939. The molecule has 0 aromatic heterocycles. The van der Waals surface area contributed by atoms with Gasteiger partial charge < -0.3 is 11.1 Å². The number of nitrogens with one attached hydrogen (secondary N) is 1. The summed E-state index contributed by atoms with van der Waals surface area (Å²) >= 11 is 5.73. The van der Waals surface area contributed by atoms with Crippen LogP contribution in [-0.4, -0.2) is 11.9 Å². The highest BCUT2D eigenvalue weighted by Crippen LogP contribution is 2.22. The van der Waals surface area contributed by atoms with Crippen LogP contribution in [0.4, 0.5) is 10.1 Å². The number of hydrogen-bond donors (Lipinski definition) is 2. The molecule has 1 aliphatic carbocycles. The summed E-state index contributed by atoms with van der Waals surface area (Å²) in [6, 6.07) is 3.93. The topological polar surface area (TPSA) is 55.1 Å². The highest BCUT2D eigenvalue weighted by molar-refractivity contribution is 6.30. The normalized spacial score (nSPS) is 22.8. The third-order valence-electron chi connectivity index (χ3n) is 2.64. The predicted octanol–water partition coefficient (Wildman–Crippen LogP) is 2.32. The third-order valence-corrected chi connectivity index (χ3v) is 2.87. The van der Waals surface area contributed by atoms with Crippen LogP contribution in [0.2, 0.25) is 5.02 Å². The first kappa shape index (κ1) is 12.1. The molecule has 5 heteroatoms. The maximum Gasteiger partial charge on any atom is 0.231 e. The molecule has 0 spiro atoms. The molecule has 90 valence electrons. The Kier molecular flexibility index (Phi) is 3.45. The van der Waals surface area contributed by atoms with E-state index in [2.05, 4.69) is 5.32 Å². The van der Waals surface area contributed by atoms with Gasteiger partial charge >= 0.3 is 0 Å². The van der Waals surface area contributed by atoms with E-state index < -0.39 is 5.82 Å². The molecule has 1 aliphatic rings. The van der Waals surface area contributed by atoms with Gasteiger partial charge in [0.05, 0.1) is 11.6 Å². The van der Waals surface area contributed by atoms with Crippen molar-refractivity contribution in [3.63, 3.8) is 0 Å². The Balaban J connectivity index is 2.08. The van der Waals surface area contributed by atoms with Crippen molar-refractivity contribution in [2.24, 2.45) is 11.7 Å². The van der Waals surface area contributed by atoms with Crippen molar-refractivity contribution in [3.8, 4) is 0 Å². The van der Waals surface area contributed by atoms with Gasteiger partial charge in [0.15, 0.2) is 0 Å². The van der Waals surface area contributed by atoms with Gasteiger partial charge in [-0.2, -0.15) is 0 Å². The number of rotatable bonds is 2. The van der Waals surface area contributed by atoms with Crippen LogP contribution in [0.3, 0.4) is 0 Å². The quantitative estimate of drug-likeness (QED) is 0.796. The number of benzene rings is 1. The smallest absolute Gasteiger partial charge is 0.231 e. The van der Waals surface area contributed by atoms with Gasteiger partial charge in [-0.3, -0.25) is 4.79 Å². The lowest BCUT2D eigenvalue weighted by Gasteiger charge is -2.11. The molecule has 3 N–H and O–H groups in total. The summed E-state index contributed by atoms with van der Waals surface area (Å²) < 4.78 is 13.4. The number of carbonyl (C=O) groups is 1. The van der Waals surface area contributed by atoms with Crippen LogP contribution in [0.1, 0.15) is 6.42 Å². The summed E-state index contributed by atoms with van der Waals surface area (Å²) in [6.07, 6.45) is 4.06. The van der Waals surface area contributed by atoms with Crippen molar-refractivity contribution >= 4 is 23.2 Å². The Morgan fingerprint density at radius 2 is 2.24 bits per heavy atom. The summed E-state index contributed by atoms with van der Waals surface area (Å²) in [4.78, 5) is 11.8. The molecule has 1 aromatic carbocycles. The molecule has 2 rings (SSSR count). The Morgan fingerprint density at radius 3 is 2.88 bits per heavy atom. The van der Waals surface area contributed by atoms with Gasteiger partial charge in [0, 0.05) is 11.1 Å². The fraction of sp³-hybridized carbons (Fsp3) is 0.250. The van der Waals surface area contributed by atoms with Crippen molar-refractivity contribution < 1.29 is 9.18 Å². The van der Waals surface area contributed by atoms with Gasteiger partial charge in [0.2, 0.25) is 5.91 Å². The zero-order chi connectivity index (χ0) is 12.4. The maximum absolute atomic E-state index is 13.4. The number of anilines is 1. The molecule has 0 fully saturated rings. The van der Waals surface area contributed by atoms with E-state index in [0.717, 1.165) is 0 Å². The Labute approximate surface area is 103 Å². The first-order valence-corrected chi connectivity index (χ1v) is 5.64. The van der Waals surface area contributed by atoms with Crippen molar-refractivity contribution in [1.29, 1.82) is 0 Å². The van der Waals surface area contributed by atoms with E-state index in [1.807, 2.05) is 0 Å². The number of carbonyl (C=O) groups excluding carboxylic acids is 1. The molecule has 1 amide bonds. The Hall–Kier alpha value is -1.39. The van der Waals surface area contributed by atoms with E-state index >= 15 is 0 Å². The van der Waals surface area contributed by atoms with Crippen LogP contribution in [0.25, 0.3) is 0 Å². The van der Waals surface area contributed by atoms with E-state index in [1.54, 1.807) is 12.2 Å². The molecular weight excluding hydrogens is 243 g/mol. The van der Waals surface area contributed by atoms with Crippen LogP contribution in [0, 0.1) is 11.7 Å². The van der Waals surface area contributed by atoms with E-state index in [0.29, 0.717) is 11.4 Å². The largest absolute Gasteiger partial charge is 0.324 e. The van der Waals surface area contributed by atoms with Gasteiger partial charge in [-0.25, -0.2) is 4.39 Å². The Morgan fingerprint density at radius 1 is 1.47 bits per heavy atom. The second-order valence-corrected chi connectivity index (χ2v) is 4.44. The number of amides is 1. The zero-order valence-corrected chi connectivity index (χ0v) is 9.75. The van der Waals surface area contributed by atoms with Crippen LogP contribution in [-0.2, 0) is 4.79 Å². The molecule has 0 aliphatic heterocycles. The number of halogens is 2. The molecule has 17 heavy (non-hydrogen) atoms. The van der Waals surface area contributed by atoms with Crippen LogP contribution in [0.5, 0.6) is 0 Å². The molecule has 0 saturated heterocycles. The maximum atomic E-state index is 13.4. The first-order chi connectivity index (χ1) is 8.06. The average Bonchev–Trinajstić information content (AvgIpc) is 2.70. The summed E-state index contributed by atoms with van der Waals surface area (Å²) in [5.74, 6) is -1.08. The van der Waals surface area contributed by atoms with Crippen LogP contribution in [0.15, 0.2) is 30.4 Å². The minimum atomic E-state index is -0.506. The molecule has 0 heterocycles. The highest BCUT2D eigenvalue weighted by Gasteiger charge is 2.23. The first-order valence-electron chi connectivity index (χ1n) is 5.26. The second-order valence-electron chi connectivity index (χ2n) is 4.00. The van der Waals surface area contributed by atoms with E-state index in [1.165, 1.54) is 18.2 Å². The highest BCUT2D eigenvalue weighted by atomic mass is 35.5. The van der Waals surface area contributed by atoms with Gasteiger partial charge in [-0.15, -0.1) is 0 Å².